The van der Waals surface area contributed by atoms with E-state index in [1.54, 1.807) is 11.3 Å². The van der Waals surface area contributed by atoms with Gasteiger partial charge in [-0.25, -0.2) is 4.79 Å². The van der Waals surface area contributed by atoms with E-state index >= 15 is 0 Å². The van der Waals surface area contributed by atoms with Crippen molar-refractivity contribution in [2.75, 3.05) is 7.11 Å². The van der Waals surface area contributed by atoms with Gasteiger partial charge in [0.1, 0.15) is 0 Å². The van der Waals surface area contributed by atoms with Crippen LogP contribution in [0.2, 0.25) is 0 Å². The van der Waals surface area contributed by atoms with Crippen LogP contribution in [0.4, 0.5) is 0 Å². The Kier molecular flexibility index (Phi) is 4.10. The van der Waals surface area contributed by atoms with Crippen molar-refractivity contribution < 1.29 is 14.6 Å². The standard InChI is InChI=1S/C10H14O3S/c1-3-7-4-5-14-9(7)6-8(13-2)10(11)12/h4-5,8H,3,6H2,1-2H3,(H,11,12). The maximum atomic E-state index is 10.7. The summed E-state index contributed by atoms with van der Waals surface area (Å²) < 4.78 is 4.89. The molecule has 3 nitrogen and oxygen atoms in total. The molecule has 0 aliphatic heterocycles. The zero-order valence-electron chi connectivity index (χ0n) is 8.32. The maximum Gasteiger partial charge on any atom is 0.333 e. The molecule has 0 saturated carbocycles. The number of carboxylic acids is 1. The Morgan fingerprint density at radius 3 is 2.93 bits per heavy atom. The summed E-state index contributed by atoms with van der Waals surface area (Å²) in [6.07, 6.45) is 0.681. The third-order valence-corrected chi connectivity index (χ3v) is 3.13. The van der Waals surface area contributed by atoms with Gasteiger partial charge in [-0.05, 0) is 23.4 Å². The SMILES string of the molecule is CCc1ccsc1CC(OC)C(=O)O. The summed E-state index contributed by atoms with van der Waals surface area (Å²) in [5, 5.41) is 10.8. The minimum Gasteiger partial charge on any atom is -0.479 e. The van der Waals surface area contributed by atoms with Gasteiger partial charge in [-0.1, -0.05) is 6.92 Å². The lowest BCUT2D eigenvalue weighted by atomic mass is 10.1. The molecule has 14 heavy (non-hydrogen) atoms. The Balaban J connectivity index is 2.71. The first-order valence-corrected chi connectivity index (χ1v) is 5.37. The highest BCUT2D eigenvalue weighted by Crippen LogP contribution is 2.19. The zero-order chi connectivity index (χ0) is 10.6. The van der Waals surface area contributed by atoms with Crippen LogP contribution in [0.25, 0.3) is 0 Å². The van der Waals surface area contributed by atoms with Crippen LogP contribution in [0.15, 0.2) is 11.4 Å². The van der Waals surface area contributed by atoms with Crippen LogP contribution in [0.5, 0.6) is 0 Å². The van der Waals surface area contributed by atoms with E-state index in [0.29, 0.717) is 6.42 Å². The first-order chi connectivity index (χ1) is 6.69. The average molecular weight is 214 g/mol. The van der Waals surface area contributed by atoms with Gasteiger partial charge in [0.05, 0.1) is 0 Å². The van der Waals surface area contributed by atoms with Gasteiger partial charge in [-0.3, -0.25) is 0 Å². The number of thiophene rings is 1. The molecule has 1 atom stereocenters. The lowest BCUT2D eigenvalue weighted by molar-refractivity contribution is -0.148. The molecule has 1 heterocycles. The summed E-state index contributed by atoms with van der Waals surface area (Å²) >= 11 is 1.59. The Morgan fingerprint density at radius 2 is 2.43 bits per heavy atom. The third-order valence-electron chi connectivity index (χ3n) is 2.15. The highest BCUT2D eigenvalue weighted by atomic mass is 32.1. The first kappa shape index (κ1) is 11.2. The largest absolute Gasteiger partial charge is 0.479 e. The van der Waals surface area contributed by atoms with Gasteiger partial charge in [-0.15, -0.1) is 11.3 Å². The molecule has 0 aliphatic rings. The Hall–Kier alpha value is -0.870. The number of rotatable bonds is 5. The van der Waals surface area contributed by atoms with Crippen molar-refractivity contribution in [3.63, 3.8) is 0 Å². The number of carboxylic acid groups (broad SMARTS) is 1. The van der Waals surface area contributed by atoms with Crippen LogP contribution >= 0.6 is 11.3 Å². The molecule has 4 heteroatoms. The molecule has 78 valence electrons. The molecule has 0 fully saturated rings. The van der Waals surface area contributed by atoms with Crippen LogP contribution < -0.4 is 0 Å². The lowest BCUT2D eigenvalue weighted by Gasteiger charge is -2.09. The Labute approximate surface area is 87.3 Å². The quantitative estimate of drug-likeness (QED) is 0.815. The molecular weight excluding hydrogens is 200 g/mol. The van der Waals surface area contributed by atoms with E-state index < -0.39 is 12.1 Å². The predicted molar refractivity (Wildman–Crippen MR) is 55.8 cm³/mol. The van der Waals surface area contributed by atoms with E-state index in [2.05, 4.69) is 6.92 Å². The van der Waals surface area contributed by atoms with E-state index in [-0.39, 0.29) is 0 Å². The first-order valence-electron chi connectivity index (χ1n) is 4.49. The Bertz CT molecular complexity index is 306. The summed E-state index contributed by atoms with van der Waals surface area (Å²) in [6.45, 7) is 2.06. The highest BCUT2D eigenvalue weighted by Gasteiger charge is 2.18. The van der Waals surface area contributed by atoms with E-state index in [1.807, 2.05) is 11.4 Å². The van der Waals surface area contributed by atoms with Crippen LogP contribution in [0.1, 0.15) is 17.4 Å². The number of hydrogen-bond acceptors (Lipinski definition) is 3. The molecule has 1 aromatic heterocycles. The van der Waals surface area contributed by atoms with E-state index in [4.69, 9.17) is 9.84 Å². The summed E-state index contributed by atoms with van der Waals surface area (Å²) in [5.41, 5.74) is 1.22. The number of aliphatic carboxylic acids is 1. The van der Waals surface area contributed by atoms with Crippen LogP contribution in [0.3, 0.4) is 0 Å². The number of hydrogen-bond donors (Lipinski definition) is 1. The molecule has 0 spiro atoms. The molecule has 1 unspecified atom stereocenters. The van der Waals surface area contributed by atoms with E-state index in [0.717, 1.165) is 11.3 Å². The van der Waals surface area contributed by atoms with Crippen molar-refractivity contribution in [3.8, 4) is 0 Å². The molecule has 0 radical (unpaired) electrons. The Morgan fingerprint density at radius 1 is 1.71 bits per heavy atom. The lowest BCUT2D eigenvalue weighted by Crippen LogP contribution is -2.24. The van der Waals surface area contributed by atoms with Gasteiger partial charge in [0.25, 0.3) is 0 Å². The second-order valence-electron chi connectivity index (χ2n) is 2.99. The molecular formula is C10H14O3S. The number of carbonyl (C=O) groups is 1. The average Bonchev–Trinajstić information content (AvgIpc) is 2.60. The highest BCUT2D eigenvalue weighted by molar-refractivity contribution is 7.10. The van der Waals surface area contributed by atoms with Gasteiger partial charge in [0, 0.05) is 18.4 Å². The topological polar surface area (TPSA) is 46.5 Å². The van der Waals surface area contributed by atoms with Gasteiger partial charge < -0.3 is 9.84 Å². The third kappa shape index (κ3) is 2.56. The van der Waals surface area contributed by atoms with Crippen LogP contribution in [0, 0.1) is 0 Å². The maximum absolute atomic E-state index is 10.7. The molecule has 0 aliphatic carbocycles. The second kappa shape index (κ2) is 5.12. The summed E-state index contributed by atoms with van der Waals surface area (Å²) in [5.74, 6) is -0.900. The minimum atomic E-state index is -0.900. The summed E-state index contributed by atoms with van der Waals surface area (Å²) in [7, 11) is 1.43. The molecule has 0 bridgehead atoms. The van der Waals surface area contributed by atoms with Gasteiger partial charge in [0.15, 0.2) is 6.10 Å². The van der Waals surface area contributed by atoms with E-state index in [1.165, 1.54) is 12.7 Å². The molecule has 1 N–H and O–H groups in total. The number of ether oxygens (including phenoxy) is 1. The molecule has 0 aromatic carbocycles. The number of methoxy groups -OCH3 is 1. The van der Waals surface area contributed by atoms with Crippen molar-refractivity contribution in [1.82, 2.24) is 0 Å². The normalized spacial score (nSPS) is 12.7. The van der Waals surface area contributed by atoms with Gasteiger partial charge in [-0.2, -0.15) is 0 Å². The monoisotopic (exact) mass is 214 g/mol. The number of aryl methyl sites for hydroxylation is 1. The van der Waals surface area contributed by atoms with Crippen LogP contribution in [-0.2, 0) is 22.4 Å². The molecule has 0 amide bonds. The minimum absolute atomic E-state index is 0.465. The van der Waals surface area contributed by atoms with Crippen LogP contribution in [-0.4, -0.2) is 24.3 Å². The second-order valence-corrected chi connectivity index (χ2v) is 3.99. The molecule has 0 saturated heterocycles. The fourth-order valence-corrected chi connectivity index (χ4v) is 2.31. The van der Waals surface area contributed by atoms with Crippen molar-refractivity contribution in [3.05, 3.63) is 21.9 Å². The van der Waals surface area contributed by atoms with Gasteiger partial charge >= 0.3 is 5.97 Å². The summed E-state index contributed by atoms with van der Waals surface area (Å²) in [6, 6.07) is 2.04. The summed E-state index contributed by atoms with van der Waals surface area (Å²) in [4.78, 5) is 11.8. The zero-order valence-corrected chi connectivity index (χ0v) is 9.13. The van der Waals surface area contributed by atoms with Crippen molar-refractivity contribution in [2.24, 2.45) is 0 Å². The van der Waals surface area contributed by atoms with Crippen molar-refractivity contribution in [2.45, 2.75) is 25.9 Å². The fraction of sp³-hybridized carbons (Fsp3) is 0.500. The van der Waals surface area contributed by atoms with Crippen molar-refractivity contribution >= 4 is 17.3 Å². The fourth-order valence-electron chi connectivity index (χ4n) is 1.30. The van der Waals surface area contributed by atoms with E-state index in [9.17, 15) is 4.79 Å². The molecule has 1 aromatic rings. The van der Waals surface area contributed by atoms with Crippen molar-refractivity contribution in [1.29, 1.82) is 0 Å². The smallest absolute Gasteiger partial charge is 0.333 e. The van der Waals surface area contributed by atoms with Gasteiger partial charge in [0.2, 0.25) is 0 Å². The molecule has 1 rings (SSSR count). The predicted octanol–water partition coefficient (Wildman–Crippen LogP) is 1.95.